The number of hydrogen-bond donors (Lipinski definition) is 1. The lowest BCUT2D eigenvalue weighted by molar-refractivity contribution is -0.139. The third-order valence-corrected chi connectivity index (χ3v) is 6.56. The van der Waals surface area contributed by atoms with Gasteiger partial charge in [0.2, 0.25) is 5.91 Å². The molecule has 1 spiro atoms. The van der Waals surface area contributed by atoms with Crippen molar-refractivity contribution >= 4 is 23.4 Å². The number of hydrogen-bond acceptors (Lipinski definition) is 5. The molecule has 4 rings (SSSR count). The van der Waals surface area contributed by atoms with E-state index in [0.717, 1.165) is 38.6 Å². The van der Waals surface area contributed by atoms with Crippen LogP contribution < -0.4 is 10.2 Å². The second-order valence-corrected chi connectivity index (χ2v) is 8.41. The summed E-state index contributed by atoms with van der Waals surface area (Å²) in [4.78, 5) is 29.0. The fraction of sp³-hybridized carbons (Fsp3) is 0.636. The Morgan fingerprint density at radius 1 is 1.30 bits per heavy atom. The van der Waals surface area contributed by atoms with Crippen molar-refractivity contribution in [3.63, 3.8) is 0 Å². The standard InChI is InChI=1S/C22H30FN3O4/c1-2-30-21(28)24-16-4-5-19(18(23)14-16)25-10-3-8-22(15-25)9-11-26(20(22)27)17-6-12-29-13-7-17/h4-5,14,17H,2-3,6-13,15H2,1H3,(H,24,28)/t22-/m0/s1. The molecule has 30 heavy (non-hydrogen) atoms. The maximum atomic E-state index is 14.9. The van der Waals surface area contributed by atoms with E-state index in [0.29, 0.717) is 37.7 Å². The van der Waals surface area contributed by atoms with Gasteiger partial charge in [0.15, 0.2) is 0 Å². The number of ether oxygens (including phenoxy) is 2. The Morgan fingerprint density at radius 2 is 2.10 bits per heavy atom. The summed E-state index contributed by atoms with van der Waals surface area (Å²) in [7, 11) is 0. The van der Waals surface area contributed by atoms with Crippen LogP contribution in [0.2, 0.25) is 0 Å². The van der Waals surface area contributed by atoms with Gasteiger partial charge in [-0.3, -0.25) is 10.1 Å². The minimum absolute atomic E-state index is 0.222. The maximum absolute atomic E-state index is 14.9. The highest BCUT2D eigenvalue weighted by atomic mass is 19.1. The molecular weight excluding hydrogens is 389 g/mol. The van der Waals surface area contributed by atoms with Gasteiger partial charge >= 0.3 is 6.09 Å². The zero-order chi connectivity index (χ0) is 21.1. The number of anilines is 2. The molecule has 3 saturated heterocycles. The molecule has 1 atom stereocenters. The molecule has 164 valence electrons. The zero-order valence-electron chi connectivity index (χ0n) is 17.5. The normalized spacial score (nSPS) is 25.1. The van der Waals surface area contributed by atoms with Crippen molar-refractivity contribution in [2.45, 2.75) is 45.1 Å². The van der Waals surface area contributed by atoms with Crippen molar-refractivity contribution in [2.24, 2.45) is 5.41 Å². The van der Waals surface area contributed by atoms with E-state index < -0.39 is 17.3 Å². The first-order valence-corrected chi connectivity index (χ1v) is 10.9. The van der Waals surface area contributed by atoms with E-state index in [2.05, 4.69) is 10.2 Å². The van der Waals surface area contributed by atoms with Crippen LogP contribution in [0.5, 0.6) is 0 Å². The van der Waals surface area contributed by atoms with Gasteiger partial charge in [0.25, 0.3) is 0 Å². The quantitative estimate of drug-likeness (QED) is 0.810. The predicted octanol–water partition coefficient (Wildman–Crippen LogP) is 3.39. The number of benzene rings is 1. The monoisotopic (exact) mass is 419 g/mol. The van der Waals surface area contributed by atoms with E-state index in [4.69, 9.17) is 9.47 Å². The lowest BCUT2D eigenvalue weighted by Gasteiger charge is -2.41. The van der Waals surface area contributed by atoms with Crippen LogP contribution in [-0.2, 0) is 14.3 Å². The van der Waals surface area contributed by atoms with Crippen molar-refractivity contribution in [1.82, 2.24) is 4.90 Å². The number of nitrogens with zero attached hydrogens (tertiary/aromatic N) is 2. The molecule has 0 unspecified atom stereocenters. The van der Waals surface area contributed by atoms with Crippen molar-refractivity contribution in [3.05, 3.63) is 24.0 Å². The highest BCUT2D eigenvalue weighted by Gasteiger charge is 2.50. The van der Waals surface area contributed by atoms with Gasteiger partial charge in [-0.05, 0) is 57.2 Å². The fourth-order valence-electron chi connectivity index (χ4n) is 5.03. The van der Waals surface area contributed by atoms with E-state index in [-0.39, 0.29) is 18.6 Å². The second kappa shape index (κ2) is 8.79. The third kappa shape index (κ3) is 4.10. The number of amides is 2. The molecule has 1 aromatic carbocycles. The summed E-state index contributed by atoms with van der Waals surface area (Å²) in [5, 5.41) is 2.52. The summed E-state index contributed by atoms with van der Waals surface area (Å²) in [5.41, 5.74) is 0.398. The molecule has 1 aromatic rings. The molecule has 8 heteroatoms. The summed E-state index contributed by atoms with van der Waals surface area (Å²) in [5.74, 6) is -0.187. The smallest absolute Gasteiger partial charge is 0.411 e. The molecule has 0 aliphatic carbocycles. The SMILES string of the molecule is CCOC(=O)Nc1ccc(N2CCC[C@]3(CCN(C4CCOCC4)C3=O)C2)c(F)c1. The number of piperidine rings is 1. The van der Waals surface area contributed by atoms with E-state index in [9.17, 15) is 14.0 Å². The van der Waals surface area contributed by atoms with Crippen LogP contribution in [0.1, 0.15) is 39.0 Å². The van der Waals surface area contributed by atoms with E-state index >= 15 is 0 Å². The minimum Gasteiger partial charge on any atom is -0.450 e. The molecule has 2 amide bonds. The molecule has 3 aliphatic heterocycles. The van der Waals surface area contributed by atoms with E-state index in [1.54, 1.807) is 19.1 Å². The first-order chi connectivity index (χ1) is 14.5. The van der Waals surface area contributed by atoms with Gasteiger partial charge in [0.05, 0.1) is 17.7 Å². The Bertz CT molecular complexity index is 799. The number of carbonyl (C=O) groups is 2. The molecule has 3 aliphatic rings. The van der Waals surface area contributed by atoms with Gasteiger partial charge in [0.1, 0.15) is 5.82 Å². The van der Waals surface area contributed by atoms with Crippen LogP contribution in [0.3, 0.4) is 0 Å². The van der Waals surface area contributed by atoms with Gasteiger partial charge < -0.3 is 19.3 Å². The molecule has 3 heterocycles. The van der Waals surface area contributed by atoms with E-state index in [1.807, 2.05) is 4.90 Å². The van der Waals surface area contributed by atoms with Gasteiger partial charge in [-0.2, -0.15) is 0 Å². The Morgan fingerprint density at radius 3 is 2.83 bits per heavy atom. The average Bonchev–Trinajstić information content (AvgIpc) is 3.04. The molecular formula is C22H30FN3O4. The lowest BCUT2D eigenvalue weighted by atomic mass is 9.78. The van der Waals surface area contributed by atoms with Gasteiger partial charge in [-0.15, -0.1) is 0 Å². The number of rotatable bonds is 4. The Labute approximate surface area is 176 Å². The Kier molecular flexibility index (Phi) is 6.13. The fourth-order valence-corrected chi connectivity index (χ4v) is 5.03. The van der Waals surface area contributed by atoms with Gasteiger partial charge in [-0.25, -0.2) is 9.18 Å². The van der Waals surface area contributed by atoms with Crippen molar-refractivity contribution < 1.29 is 23.5 Å². The van der Waals surface area contributed by atoms with Crippen LogP contribution in [-0.4, -0.2) is 62.4 Å². The van der Waals surface area contributed by atoms with Crippen molar-refractivity contribution in [3.8, 4) is 0 Å². The summed E-state index contributed by atoms with van der Waals surface area (Å²) < 4.78 is 25.1. The lowest BCUT2D eigenvalue weighted by Crippen LogP contribution is -2.50. The number of halogens is 1. The van der Waals surface area contributed by atoms with Crippen LogP contribution in [0.4, 0.5) is 20.6 Å². The first kappa shape index (κ1) is 20.9. The number of likely N-dealkylation sites (tertiary alicyclic amines) is 1. The molecule has 1 N–H and O–H groups in total. The number of nitrogens with one attached hydrogen (secondary N) is 1. The summed E-state index contributed by atoms with van der Waals surface area (Å²) >= 11 is 0. The maximum Gasteiger partial charge on any atom is 0.411 e. The summed E-state index contributed by atoms with van der Waals surface area (Å²) in [6.45, 7) is 5.42. The van der Waals surface area contributed by atoms with Crippen LogP contribution in [0.15, 0.2) is 18.2 Å². The van der Waals surface area contributed by atoms with Gasteiger partial charge in [0, 0.05) is 44.6 Å². The predicted molar refractivity (Wildman–Crippen MR) is 111 cm³/mol. The minimum atomic E-state index is -0.605. The van der Waals surface area contributed by atoms with Crippen LogP contribution in [0.25, 0.3) is 0 Å². The summed E-state index contributed by atoms with van der Waals surface area (Å²) in [6.07, 6.45) is 3.72. The highest BCUT2D eigenvalue weighted by Crippen LogP contribution is 2.43. The molecule has 0 radical (unpaired) electrons. The molecule has 7 nitrogen and oxygen atoms in total. The van der Waals surface area contributed by atoms with Crippen LogP contribution >= 0.6 is 0 Å². The molecule has 0 aromatic heterocycles. The van der Waals surface area contributed by atoms with Gasteiger partial charge in [-0.1, -0.05) is 0 Å². The third-order valence-electron chi connectivity index (χ3n) is 6.56. The van der Waals surface area contributed by atoms with Crippen molar-refractivity contribution in [2.75, 3.05) is 49.7 Å². The Balaban J connectivity index is 1.46. The number of carbonyl (C=O) groups excluding carboxylic acids is 2. The van der Waals surface area contributed by atoms with Crippen molar-refractivity contribution in [1.29, 1.82) is 0 Å². The highest BCUT2D eigenvalue weighted by molar-refractivity contribution is 5.87. The summed E-state index contributed by atoms with van der Waals surface area (Å²) in [6, 6.07) is 4.91. The van der Waals surface area contributed by atoms with Crippen LogP contribution in [0, 0.1) is 11.2 Å². The first-order valence-electron chi connectivity index (χ1n) is 10.9. The average molecular weight is 419 g/mol. The second-order valence-electron chi connectivity index (χ2n) is 8.41. The zero-order valence-corrected chi connectivity index (χ0v) is 17.5. The van der Waals surface area contributed by atoms with E-state index in [1.165, 1.54) is 6.07 Å². The largest absolute Gasteiger partial charge is 0.450 e. The molecule has 0 saturated carbocycles. The molecule has 3 fully saturated rings. The topological polar surface area (TPSA) is 71.1 Å². The molecule has 0 bridgehead atoms. The Hall–Kier alpha value is -2.35.